The van der Waals surface area contributed by atoms with Crippen molar-refractivity contribution in [1.82, 2.24) is 10.2 Å². The summed E-state index contributed by atoms with van der Waals surface area (Å²) in [5, 5.41) is 2.99. The molecular weight excluding hydrogens is 242 g/mol. The number of carbonyl (C=O) groups excluding carboxylic acids is 1. The van der Waals surface area contributed by atoms with Gasteiger partial charge in [0.05, 0.1) is 18.7 Å². The van der Waals surface area contributed by atoms with E-state index in [1.807, 2.05) is 38.1 Å². The van der Waals surface area contributed by atoms with Crippen LogP contribution in [0.3, 0.4) is 0 Å². The Morgan fingerprint density at radius 3 is 2.58 bits per heavy atom. The molecule has 1 unspecified atom stereocenters. The van der Waals surface area contributed by atoms with Crippen LogP contribution in [0.1, 0.15) is 25.5 Å². The van der Waals surface area contributed by atoms with Crippen LogP contribution in [-0.4, -0.2) is 36.7 Å². The van der Waals surface area contributed by atoms with E-state index in [1.54, 1.807) is 12.0 Å². The van der Waals surface area contributed by atoms with Gasteiger partial charge in [-0.15, -0.1) is 0 Å². The van der Waals surface area contributed by atoms with E-state index in [2.05, 4.69) is 5.32 Å². The molecule has 0 radical (unpaired) electrons. The van der Waals surface area contributed by atoms with Gasteiger partial charge < -0.3 is 20.7 Å². The van der Waals surface area contributed by atoms with Crippen molar-refractivity contribution in [3.05, 3.63) is 29.8 Å². The maximum atomic E-state index is 12.0. The lowest BCUT2D eigenvalue weighted by molar-refractivity contribution is 0.163. The fourth-order valence-electron chi connectivity index (χ4n) is 2.20. The predicted molar refractivity (Wildman–Crippen MR) is 74.1 cm³/mol. The monoisotopic (exact) mass is 263 g/mol. The first-order valence-electron chi connectivity index (χ1n) is 6.40. The molecule has 3 N–H and O–H groups in total. The maximum absolute atomic E-state index is 12.0. The molecule has 1 aromatic rings. The van der Waals surface area contributed by atoms with Crippen LogP contribution in [0.2, 0.25) is 0 Å². The highest BCUT2D eigenvalue weighted by Crippen LogP contribution is 2.26. The molecule has 5 heteroatoms. The summed E-state index contributed by atoms with van der Waals surface area (Å²) in [5.41, 5.74) is 6.48. The van der Waals surface area contributed by atoms with Crippen LogP contribution in [0, 0.1) is 0 Å². The lowest BCUT2D eigenvalue weighted by Crippen LogP contribution is -2.50. The smallest absolute Gasteiger partial charge is 0.318 e. The zero-order valence-electron chi connectivity index (χ0n) is 11.6. The van der Waals surface area contributed by atoms with Crippen LogP contribution in [0.4, 0.5) is 4.79 Å². The lowest BCUT2D eigenvalue weighted by Gasteiger charge is -2.33. The summed E-state index contributed by atoms with van der Waals surface area (Å²) in [6, 6.07) is 7.70. The Bertz CT molecular complexity index is 456. The van der Waals surface area contributed by atoms with Crippen LogP contribution >= 0.6 is 0 Å². The van der Waals surface area contributed by atoms with E-state index in [1.165, 1.54) is 0 Å². The predicted octanol–water partition coefficient (Wildman–Crippen LogP) is 1.50. The molecular formula is C14H21N3O2. The summed E-state index contributed by atoms with van der Waals surface area (Å²) in [6.45, 7) is 5.02. The summed E-state index contributed by atoms with van der Waals surface area (Å²) in [7, 11) is 1.64. The first-order valence-corrected chi connectivity index (χ1v) is 6.40. The van der Waals surface area contributed by atoms with Gasteiger partial charge in [0.15, 0.2) is 0 Å². The van der Waals surface area contributed by atoms with Crippen molar-refractivity contribution in [1.29, 1.82) is 0 Å². The zero-order valence-corrected chi connectivity index (χ0v) is 11.6. The molecule has 19 heavy (non-hydrogen) atoms. The van der Waals surface area contributed by atoms with Crippen molar-refractivity contribution in [3.8, 4) is 5.75 Å². The van der Waals surface area contributed by atoms with Gasteiger partial charge in [0.25, 0.3) is 0 Å². The molecule has 2 amide bonds. The van der Waals surface area contributed by atoms with Gasteiger partial charge in [0, 0.05) is 13.1 Å². The second kappa shape index (κ2) is 5.09. The molecule has 0 spiro atoms. The third kappa shape index (κ3) is 2.66. The molecule has 1 saturated heterocycles. The molecule has 1 atom stereocenters. The topological polar surface area (TPSA) is 67.6 Å². The van der Waals surface area contributed by atoms with Gasteiger partial charge in [0.1, 0.15) is 5.75 Å². The number of hydrogen-bond acceptors (Lipinski definition) is 3. The molecule has 1 aromatic carbocycles. The summed E-state index contributed by atoms with van der Waals surface area (Å²) >= 11 is 0. The van der Waals surface area contributed by atoms with E-state index in [0.717, 1.165) is 11.3 Å². The second-order valence-corrected chi connectivity index (χ2v) is 5.40. The van der Waals surface area contributed by atoms with Gasteiger partial charge in [-0.1, -0.05) is 12.1 Å². The van der Waals surface area contributed by atoms with Gasteiger partial charge in [-0.05, 0) is 31.5 Å². The van der Waals surface area contributed by atoms with Crippen molar-refractivity contribution in [3.63, 3.8) is 0 Å². The molecule has 0 aromatic heterocycles. The Hall–Kier alpha value is -1.75. The van der Waals surface area contributed by atoms with Crippen molar-refractivity contribution >= 4 is 6.03 Å². The van der Waals surface area contributed by atoms with Crippen molar-refractivity contribution in [2.45, 2.75) is 25.4 Å². The maximum Gasteiger partial charge on any atom is 0.318 e. The van der Waals surface area contributed by atoms with E-state index in [9.17, 15) is 4.79 Å². The standard InChI is InChI=1S/C14H21N3O2/c1-14(2,9-15)17-8-12(16-13(17)18)10-4-6-11(19-3)7-5-10/h4-7,12H,8-9,15H2,1-3H3,(H,16,18). The second-order valence-electron chi connectivity index (χ2n) is 5.40. The fourth-order valence-corrected chi connectivity index (χ4v) is 2.20. The Labute approximate surface area is 113 Å². The molecule has 2 rings (SSSR count). The number of benzene rings is 1. The van der Waals surface area contributed by atoms with Crippen LogP contribution in [0.25, 0.3) is 0 Å². The highest BCUT2D eigenvalue weighted by atomic mass is 16.5. The summed E-state index contributed by atoms with van der Waals surface area (Å²) in [4.78, 5) is 13.8. The molecule has 1 fully saturated rings. The Morgan fingerprint density at radius 1 is 1.42 bits per heavy atom. The van der Waals surface area contributed by atoms with Crippen molar-refractivity contribution < 1.29 is 9.53 Å². The number of carbonyl (C=O) groups is 1. The molecule has 5 nitrogen and oxygen atoms in total. The van der Waals surface area contributed by atoms with E-state index in [0.29, 0.717) is 13.1 Å². The quantitative estimate of drug-likeness (QED) is 0.865. The molecule has 1 aliphatic heterocycles. The van der Waals surface area contributed by atoms with E-state index < -0.39 is 0 Å². The molecule has 0 bridgehead atoms. The largest absolute Gasteiger partial charge is 0.497 e. The van der Waals surface area contributed by atoms with Gasteiger partial charge in [-0.3, -0.25) is 0 Å². The molecule has 0 saturated carbocycles. The number of nitrogens with one attached hydrogen (secondary N) is 1. The van der Waals surface area contributed by atoms with Gasteiger partial charge in [0.2, 0.25) is 0 Å². The molecule has 104 valence electrons. The Kier molecular flexibility index (Phi) is 3.66. The number of ether oxygens (including phenoxy) is 1. The van der Waals surface area contributed by atoms with Crippen LogP contribution in [0.5, 0.6) is 5.75 Å². The van der Waals surface area contributed by atoms with Crippen molar-refractivity contribution in [2.75, 3.05) is 20.2 Å². The van der Waals surface area contributed by atoms with E-state index in [-0.39, 0.29) is 17.6 Å². The average Bonchev–Trinajstić information content (AvgIpc) is 2.82. The molecule has 1 heterocycles. The third-order valence-electron chi connectivity index (χ3n) is 3.66. The van der Waals surface area contributed by atoms with E-state index in [4.69, 9.17) is 10.5 Å². The minimum Gasteiger partial charge on any atom is -0.497 e. The SMILES string of the molecule is COc1ccc(C2CN(C(C)(C)CN)C(=O)N2)cc1. The number of nitrogens with zero attached hydrogens (tertiary/aromatic N) is 1. The van der Waals surface area contributed by atoms with Crippen LogP contribution < -0.4 is 15.8 Å². The number of hydrogen-bond donors (Lipinski definition) is 2. The first kappa shape index (κ1) is 13.7. The molecule has 1 aliphatic rings. The summed E-state index contributed by atoms with van der Waals surface area (Å²) in [5.74, 6) is 0.812. The number of nitrogens with two attached hydrogens (primary N) is 1. The number of urea groups is 1. The third-order valence-corrected chi connectivity index (χ3v) is 3.66. The minimum absolute atomic E-state index is 0.00392. The lowest BCUT2D eigenvalue weighted by atomic mass is 10.0. The highest BCUT2D eigenvalue weighted by molar-refractivity contribution is 5.78. The van der Waals surface area contributed by atoms with Crippen molar-refractivity contribution in [2.24, 2.45) is 5.73 Å². The van der Waals surface area contributed by atoms with Crippen LogP contribution in [0.15, 0.2) is 24.3 Å². The average molecular weight is 263 g/mol. The number of amides is 2. The van der Waals surface area contributed by atoms with Crippen LogP contribution in [-0.2, 0) is 0 Å². The Morgan fingerprint density at radius 2 is 2.05 bits per heavy atom. The highest BCUT2D eigenvalue weighted by Gasteiger charge is 2.38. The van der Waals surface area contributed by atoms with E-state index >= 15 is 0 Å². The Balaban J connectivity index is 2.14. The number of rotatable bonds is 4. The zero-order chi connectivity index (χ0) is 14.0. The van der Waals surface area contributed by atoms with Gasteiger partial charge >= 0.3 is 6.03 Å². The molecule has 0 aliphatic carbocycles. The summed E-state index contributed by atoms with van der Waals surface area (Å²) < 4.78 is 5.13. The fraction of sp³-hybridized carbons (Fsp3) is 0.500. The normalized spacial score (nSPS) is 19.5. The number of methoxy groups -OCH3 is 1. The van der Waals surface area contributed by atoms with Gasteiger partial charge in [-0.2, -0.15) is 0 Å². The summed E-state index contributed by atoms with van der Waals surface area (Å²) in [6.07, 6.45) is 0. The minimum atomic E-state index is -0.328. The van der Waals surface area contributed by atoms with Gasteiger partial charge in [-0.25, -0.2) is 4.79 Å². The first-order chi connectivity index (χ1) is 8.97.